The van der Waals surface area contributed by atoms with Crippen molar-refractivity contribution in [3.05, 3.63) is 39.8 Å². The number of hydrogen-bond donors (Lipinski definition) is 1. The predicted octanol–water partition coefficient (Wildman–Crippen LogP) is 3.40. The van der Waals surface area contributed by atoms with Gasteiger partial charge in [0.15, 0.2) is 5.13 Å². The van der Waals surface area contributed by atoms with Crippen LogP contribution in [0, 0.1) is 0 Å². The molecule has 23 heavy (non-hydrogen) atoms. The summed E-state index contributed by atoms with van der Waals surface area (Å²) in [5, 5.41) is 3.42. The molecule has 1 aliphatic rings. The Morgan fingerprint density at radius 2 is 2.00 bits per heavy atom. The van der Waals surface area contributed by atoms with E-state index < -0.39 is 10.0 Å². The first-order chi connectivity index (χ1) is 11.0. The molecule has 0 amide bonds. The van der Waals surface area contributed by atoms with E-state index in [-0.39, 0.29) is 16.0 Å². The Balaban J connectivity index is 1.67. The van der Waals surface area contributed by atoms with Crippen LogP contribution >= 0.6 is 34.5 Å². The van der Waals surface area contributed by atoms with Crippen LogP contribution in [0.5, 0.6) is 0 Å². The van der Waals surface area contributed by atoms with Crippen LogP contribution in [0.2, 0.25) is 10.0 Å². The normalized spacial score (nSPS) is 16.7. The molecule has 0 saturated carbocycles. The molecule has 0 spiro atoms. The highest BCUT2D eigenvalue weighted by Crippen LogP contribution is 2.27. The maximum absolute atomic E-state index is 12.5. The number of nitrogens with one attached hydrogen (secondary N) is 1. The molecule has 2 heterocycles. The number of hydrogen-bond acceptors (Lipinski definition) is 5. The van der Waals surface area contributed by atoms with Crippen molar-refractivity contribution in [2.45, 2.75) is 23.8 Å². The highest BCUT2D eigenvalue weighted by atomic mass is 35.5. The van der Waals surface area contributed by atoms with Crippen LogP contribution in [0.15, 0.2) is 34.7 Å². The Morgan fingerprint density at radius 3 is 2.65 bits per heavy atom. The Labute approximate surface area is 149 Å². The third-order valence-corrected chi connectivity index (χ3v) is 6.76. The van der Waals surface area contributed by atoms with Crippen molar-refractivity contribution in [1.82, 2.24) is 9.71 Å². The Kier molecular flexibility index (Phi) is 5.13. The average molecular weight is 392 g/mol. The molecule has 0 radical (unpaired) electrons. The summed E-state index contributed by atoms with van der Waals surface area (Å²) in [4.78, 5) is 6.47. The summed E-state index contributed by atoms with van der Waals surface area (Å²) in [6.07, 6.45) is 3.21. The summed E-state index contributed by atoms with van der Waals surface area (Å²) in [6.45, 7) is 1.54. The lowest BCUT2D eigenvalue weighted by Crippen LogP contribution is -2.44. The molecular weight excluding hydrogens is 377 g/mol. The van der Waals surface area contributed by atoms with Crippen molar-refractivity contribution in [3.63, 3.8) is 0 Å². The van der Waals surface area contributed by atoms with Gasteiger partial charge >= 0.3 is 0 Å². The van der Waals surface area contributed by atoms with Crippen LogP contribution in [0.4, 0.5) is 5.13 Å². The maximum Gasteiger partial charge on any atom is 0.242 e. The lowest BCUT2D eigenvalue weighted by Gasteiger charge is -2.32. The second-order valence-electron chi connectivity index (χ2n) is 5.27. The van der Waals surface area contributed by atoms with Crippen LogP contribution in [0.3, 0.4) is 0 Å². The summed E-state index contributed by atoms with van der Waals surface area (Å²) in [5.41, 5.74) is 0. The van der Waals surface area contributed by atoms with Crippen molar-refractivity contribution < 1.29 is 8.42 Å². The van der Waals surface area contributed by atoms with Crippen molar-refractivity contribution in [2.75, 3.05) is 18.0 Å². The second-order valence-corrected chi connectivity index (χ2v) is 8.67. The van der Waals surface area contributed by atoms with Crippen molar-refractivity contribution in [2.24, 2.45) is 0 Å². The van der Waals surface area contributed by atoms with E-state index in [1.54, 1.807) is 23.6 Å². The number of thiazole rings is 1. The van der Waals surface area contributed by atoms with Gasteiger partial charge in [-0.15, -0.1) is 11.3 Å². The third kappa shape index (κ3) is 3.97. The molecule has 9 heteroatoms. The molecule has 2 aromatic rings. The quantitative estimate of drug-likeness (QED) is 0.867. The predicted molar refractivity (Wildman–Crippen MR) is 94.1 cm³/mol. The van der Waals surface area contributed by atoms with Gasteiger partial charge in [-0.25, -0.2) is 18.1 Å². The fraction of sp³-hybridized carbons (Fsp3) is 0.357. The smallest absolute Gasteiger partial charge is 0.242 e. The summed E-state index contributed by atoms with van der Waals surface area (Å²) in [6, 6.07) is 4.31. The van der Waals surface area contributed by atoms with Crippen LogP contribution in [0.25, 0.3) is 0 Å². The minimum absolute atomic E-state index is 0.0222. The van der Waals surface area contributed by atoms with E-state index in [9.17, 15) is 8.42 Å². The zero-order valence-electron chi connectivity index (χ0n) is 12.1. The molecule has 1 aromatic carbocycles. The van der Waals surface area contributed by atoms with Crippen LogP contribution < -0.4 is 9.62 Å². The highest BCUT2D eigenvalue weighted by Gasteiger charge is 2.26. The third-order valence-electron chi connectivity index (χ3n) is 3.69. The van der Waals surface area contributed by atoms with E-state index in [0.717, 1.165) is 31.1 Å². The van der Waals surface area contributed by atoms with Gasteiger partial charge in [0.25, 0.3) is 0 Å². The Hall–Kier alpha value is -0.860. The molecule has 5 nitrogen and oxygen atoms in total. The molecule has 0 aliphatic carbocycles. The van der Waals surface area contributed by atoms with Gasteiger partial charge in [-0.05, 0) is 31.0 Å². The van der Waals surface area contributed by atoms with Gasteiger partial charge in [-0.3, -0.25) is 0 Å². The zero-order valence-corrected chi connectivity index (χ0v) is 15.2. The summed E-state index contributed by atoms with van der Waals surface area (Å²) >= 11 is 13.5. The monoisotopic (exact) mass is 391 g/mol. The first-order valence-corrected chi connectivity index (χ1v) is 10.2. The lowest BCUT2D eigenvalue weighted by atomic mass is 10.1. The fourth-order valence-electron chi connectivity index (χ4n) is 2.53. The number of nitrogens with zero attached hydrogens (tertiary/aromatic N) is 2. The number of benzene rings is 1. The van der Waals surface area contributed by atoms with Gasteiger partial charge in [0.05, 0.1) is 5.02 Å². The number of aromatic nitrogens is 1. The Bertz CT molecular complexity index is 773. The van der Waals surface area contributed by atoms with Gasteiger partial charge in [0.2, 0.25) is 10.0 Å². The van der Waals surface area contributed by atoms with Gasteiger partial charge in [0, 0.05) is 35.7 Å². The van der Waals surface area contributed by atoms with E-state index >= 15 is 0 Å². The molecule has 3 rings (SSSR count). The number of halogens is 2. The minimum Gasteiger partial charge on any atom is -0.348 e. The molecule has 1 fully saturated rings. The topological polar surface area (TPSA) is 62.3 Å². The maximum atomic E-state index is 12.5. The number of rotatable bonds is 4. The fourth-order valence-corrected chi connectivity index (χ4v) is 5.29. The lowest BCUT2D eigenvalue weighted by molar-refractivity contribution is 0.460. The number of sulfonamides is 1. The van der Waals surface area contributed by atoms with E-state index in [0.29, 0.717) is 5.02 Å². The van der Waals surface area contributed by atoms with E-state index in [1.165, 1.54) is 12.1 Å². The SMILES string of the molecule is O=S(=O)(NC1CCN(c2nccs2)CC1)c1cc(Cl)ccc1Cl. The van der Waals surface area contributed by atoms with Gasteiger partial charge in [-0.1, -0.05) is 23.2 Å². The molecule has 0 unspecified atom stereocenters. The average Bonchev–Trinajstić information content (AvgIpc) is 3.04. The van der Waals surface area contributed by atoms with Crippen molar-refractivity contribution in [1.29, 1.82) is 0 Å². The van der Waals surface area contributed by atoms with Crippen molar-refractivity contribution >= 4 is 49.7 Å². The van der Waals surface area contributed by atoms with Crippen LogP contribution in [0.1, 0.15) is 12.8 Å². The largest absolute Gasteiger partial charge is 0.348 e. The standard InChI is InChI=1S/C14H15Cl2N3O2S2/c15-10-1-2-12(16)13(9-10)23(20,21)18-11-3-6-19(7-4-11)14-17-5-8-22-14/h1-2,5,8-9,11,18H,3-4,6-7H2. The summed E-state index contributed by atoms with van der Waals surface area (Å²) < 4.78 is 27.7. The number of anilines is 1. The summed E-state index contributed by atoms with van der Waals surface area (Å²) in [7, 11) is -3.68. The molecule has 0 atom stereocenters. The van der Waals surface area contributed by atoms with Gasteiger partial charge < -0.3 is 4.90 Å². The second kappa shape index (κ2) is 6.94. The minimum atomic E-state index is -3.68. The molecular formula is C14H15Cl2N3O2S2. The first kappa shape index (κ1) is 17.0. The van der Waals surface area contributed by atoms with E-state index in [4.69, 9.17) is 23.2 Å². The van der Waals surface area contributed by atoms with Gasteiger partial charge in [0.1, 0.15) is 4.90 Å². The molecule has 124 valence electrons. The van der Waals surface area contributed by atoms with E-state index in [1.807, 2.05) is 5.38 Å². The van der Waals surface area contributed by atoms with Gasteiger partial charge in [-0.2, -0.15) is 0 Å². The molecule has 1 saturated heterocycles. The van der Waals surface area contributed by atoms with Crippen LogP contribution in [-0.4, -0.2) is 32.5 Å². The summed E-state index contributed by atoms with van der Waals surface area (Å²) in [5.74, 6) is 0. The molecule has 1 aromatic heterocycles. The van der Waals surface area contributed by atoms with Crippen LogP contribution in [-0.2, 0) is 10.0 Å². The first-order valence-electron chi connectivity index (χ1n) is 7.07. The van der Waals surface area contributed by atoms with E-state index in [2.05, 4.69) is 14.6 Å². The number of piperidine rings is 1. The molecule has 0 bridgehead atoms. The Morgan fingerprint density at radius 1 is 1.26 bits per heavy atom. The molecule has 1 aliphatic heterocycles. The highest BCUT2D eigenvalue weighted by molar-refractivity contribution is 7.89. The van der Waals surface area contributed by atoms with Crippen molar-refractivity contribution in [3.8, 4) is 0 Å². The molecule has 1 N–H and O–H groups in total. The zero-order chi connectivity index (χ0) is 16.4.